The van der Waals surface area contributed by atoms with Crippen molar-refractivity contribution in [1.29, 1.82) is 0 Å². The molecule has 3 rings (SSSR count). The molecule has 0 aliphatic heterocycles. The Morgan fingerprint density at radius 1 is 1.17 bits per heavy atom. The van der Waals surface area contributed by atoms with E-state index in [-0.39, 0.29) is 32.4 Å². The van der Waals surface area contributed by atoms with Crippen LogP contribution in [0.2, 0.25) is 0 Å². The number of methoxy groups -OCH3 is 1. The van der Waals surface area contributed by atoms with Crippen LogP contribution in [0.25, 0.3) is 10.6 Å². The molecule has 2 aromatic carbocycles. The van der Waals surface area contributed by atoms with Gasteiger partial charge in [-0.3, -0.25) is 14.9 Å². The first kappa shape index (κ1) is 21.0. The lowest BCUT2D eigenvalue weighted by Crippen LogP contribution is -2.15. The van der Waals surface area contributed by atoms with Crippen molar-refractivity contribution in [3.05, 3.63) is 74.3 Å². The smallest absolute Gasteiger partial charge is 0.339 e. The number of benzene rings is 2. The molecule has 8 nitrogen and oxygen atoms in total. The number of ether oxygens (including phenoxy) is 1. The van der Waals surface area contributed by atoms with Crippen LogP contribution in [0.1, 0.15) is 25.7 Å². The van der Waals surface area contributed by atoms with Gasteiger partial charge in [0.05, 0.1) is 29.0 Å². The van der Waals surface area contributed by atoms with Gasteiger partial charge >= 0.3 is 5.97 Å². The number of aromatic nitrogens is 1. The van der Waals surface area contributed by atoms with E-state index >= 15 is 0 Å². The largest absolute Gasteiger partial charge is 0.465 e. The number of aryl methyl sites for hydroxylation is 1. The van der Waals surface area contributed by atoms with Crippen molar-refractivity contribution in [2.75, 3.05) is 12.4 Å². The highest BCUT2D eigenvalue weighted by molar-refractivity contribution is 7.17. The molecule has 0 radical (unpaired) electrons. The minimum absolute atomic E-state index is 0.0700. The standard InChI is InChI=1S/C19H13F2N3O5S/c1-9-16(30-18(22-9)10-3-6-13(20)14(21)7-10)17(25)23-15-8-11(24(27)28)4-5-12(15)19(26)29-2/h3-8H,1-2H3,(H,23,25). The average Bonchev–Trinajstić information content (AvgIpc) is 3.11. The van der Waals surface area contributed by atoms with Gasteiger partial charge in [-0.25, -0.2) is 18.6 Å². The van der Waals surface area contributed by atoms with Crippen molar-refractivity contribution in [2.45, 2.75) is 6.92 Å². The van der Waals surface area contributed by atoms with Crippen molar-refractivity contribution in [3.63, 3.8) is 0 Å². The zero-order valence-corrected chi connectivity index (χ0v) is 16.4. The van der Waals surface area contributed by atoms with Crippen LogP contribution in [-0.4, -0.2) is 28.9 Å². The second kappa shape index (κ2) is 8.33. The van der Waals surface area contributed by atoms with Crippen LogP contribution in [0.5, 0.6) is 0 Å². The number of carbonyl (C=O) groups is 2. The molecule has 0 saturated carbocycles. The number of nitrogens with zero attached hydrogens (tertiary/aromatic N) is 2. The van der Waals surface area contributed by atoms with E-state index in [1.54, 1.807) is 6.92 Å². The van der Waals surface area contributed by atoms with Crippen LogP contribution in [0.3, 0.4) is 0 Å². The zero-order chi connectivity index (χ0) is 22.0. The SMILES string of the molecule is COC(=O)c1ccc([N+](=O)[O-])cc1NC(=O)c1sc(-c2ccc(F)c(F)c2)nc1C. The summed E-state index contributed by atoms with van der Waals surface area (Å²) in [6.45, 7) is 1.55. The monoisotopic (exact) mass is 433 g/mol. The molecule has 154 valence electrons. The molecule has 3 aromatic rings. The molecule has 1 heterocycles. The second-order valence-corrected chi connectivity index (χ2v) is 6.99. The number of nitro benzene ring substituents is 1. The predicted octanol–water partition coefficient (Wildman–Crippen LogP) is 4.34. The van der Waals surface area contributed by atoms with E-state index in [0.717, 1.165) is 42.7 Å². The van der Waals surface area contributed by atoms with E-state index in [1.807, 2.05) is 0 Å². The molecule has 1 amide bonds. The summed E-state index contributed by atoms with van der Waals surface area (Å²) in [5, 5.41) is 13.8. The number of nitrogens with one attached hydrogen (secondary N) is 1. The van der Waals surface area contributed by atoms with E-state index in [2.05, 4.69) is 15.0 Å². The molecule has 30 heavy (non-hydrogen) atoms. The summed E-state index contributed by atoms with van der Waals surface area (Å²) in [5.74, 6) is -3.52. The van der Waals surface area contributed by atoms with E-state index < -0.39 is 28.4 Å². The molecule has 1 N–H and O–H groups in total. The maximum Gasteiger partial charge on any atom is 0.339 e. The van der Waals surface area contributed by atoms with Crippen LogP contribution in [0.15, 0.2) is 36.4 Å². The Balaban J connectivity index is 1.95. The third-order valence-corrected chi connectivity index (χ3v) is 5.24. The highest BCUT2D eigenvalue weighted by atomic mass is 32.1. The Hall–Kier alpha value is -3.73. The summed E-state index contributed by atoms with van der Waals surface area (Å²) in [6, 6.07) is 6.57. The topological polar surface area (TPSA) is 111 Å². The number of hydrogen-bond acceptors (Lipinski definition) is 7. The number of non-ortho nitro benzene ring substituents is 1. The van der Waals surface area contributed by atoms with E-state index in [0.29, 0.717) is 5.69 Å². The Bertz CT molecular complexity index is 1180. The molecule has 0 atom stereocenters. The van der Waals surface area contributed by atoms with Gasteiger partial charge in [0.2, 0.25) is 0 Å². The first-order valence-corrected chi connectivity index (χ1v) is 9.14. The van der Waals surface area contributed by atoms with Crippen molar-refractivity contribution in [1.82, 2.24) is 4.98 Å². The number of hydrogen-bond donors (Lipinski definition) is 1. The summed E-state index contributed by atoms with van der Waals surface area (Å²) in [7, 11) is 1.14. The van der Waals surface area contributed by atoms with Gasteiger partial charge in [0.15, 0.2) is 11.6 Å². The second-order valence-electron chi connectivity index (χ2n) is 6.00. The van der Waals surface area contributed by atoms with Crippen molar-refractivity contribution < 1.29 is 28.0 Å². The molecule has 0 bridgehead atoms. The van der Waals surface area contributed by atoms with Crippen molar-refractivity contribution in [2.24, 2.45) is 0 Å². The number of esters is 1. The molecule has 11 heteroatoms. The van der Waals surface area contributed by atoms with Gasteiger partial charge < -0.3 is 10.1 Å². The summed E-state index contributed by atoms with van der Waals surface area (Å²) >= 11 is 0.923. The molecule has 1 aromatic heterocycles. The number of carbonyl (C=O) groups excluding carboxylic acids is 2. The fourth-order valence-corrected chi connectivity index (χ4v) is 3.53. The lowest BCUT2D eigenvalue weighted by Gasteiger charge is -2.09. The average molecular weight is 433 g/mol. The van der Waals surface area contributed by atoms with Gasteiger partial charge in [-0.05, 0) is 31.2 Å². The normalized spacial score (nSPS) is 10.5. The molecule has 0 saturated heterocycles. The number of anilines is 1. The molecular weight excluding hydrogens is 420 g/mol. The minimum atomic E-state index is -1.05. The Morgan fingerprint density at radius 3 is 2.53 bits per heavy atom. The van der Waals surface area contributed by atoms with Gasteiger partial charge in [-0.1, -0.05) is 0 Å². The summed E-state index contributed by atoms with van der Waals surface area (Å²) in [5.41, 5.74) is 0.0815. The highest BCUT2D eigenvalue weighted by Gasteiger charge is 2.22. The quantitative estimate of drug-likeness (QED) is 0.364. The van der Waals surface area contributed by atoms with E-state index in [1.165, 1.54) is 12.1 Å². The molecule has 0 aliphatic rings. The third kappa shape index (κ3) is 4.15. The Labute approximate surface area is 172 Å². The summed E-state index contributed by atoms with van der Waals surface area (Å²) < 4.78 is 31.3. The Morgan fingerprint density at radius 2 is 1.90 bits per heavy atom. The van der Waals surface area contributed by atoms with Crippen LogP contribution >= 0.6 is 11.3 Å². The van der Waals surface area contributed by atoms with Gasteiger partial charge in [-0.2, -0.15) is 0 Å². The molecule has 0 fully saturated rings. The maximum atomic E-state index is 13.5. The summed E-state index contributed by atoms with van der Waals surface area (Å²) in [6.07, 6.45) is 0. The minimum Gasteiger partial charge on any atom is -0.465 e. The highest BCUT2D eigenvalue weighted by Crippen LogP contribution is 2.30. The van der Waals surface area contributed by atoms with E-state index in [9.17, 15) is 28.5 Å². The van der Waals surface area contributed by atoms with Crippen LogP contribution in [0.4, 0.5) is 20.2 Å². The lowest BCUT2D eigenvalue weighted by molar-refractivity contribution is -0.384. The number of halogens is 2. The number of nitro groups is 1. The first-order valence-electron chi connectivity index (χ1n) is 8.32. The fraction of sp³-hybridized carbons (Fsp3) is 0.105. The molecule has 0 aliphatic carbocycles. The van der Waals surface area contributed by atoms with Gasteiger partial charge in [-0.15, -0.1) is 11.3 Å². The van der Waals surface area contributed by atoms with Gasteiger partial charge in [0, 0.05) is 17.7 Å². The third-order valence-electron chi connectivity index (χ3n) is 4.04. The van der Waals surface area contributed by atoms with E-state index in [4.69, 9.17) is 0 Å². The number of rotatable bonds is 5. The predicted molar refractivity (Wildman–Crippen MR) is 105 cm³/mol. The number of thiazole rings is 1. The lowest BCUT2D eigenvalue weighted by atomic mass is 10.1. The molecule has 0 spiro atoms. The molecular formula is C19H13F2N3O5S. The zero-order valence-electron chi connectivity index (χ0n) is 15.6. The van der Waals surface area contributed by atoms with Crippen molar-refractivity contribution >= 4 is 34.6 Å². The van der Waals surface area contributed by atoms with Gasteiger partial charge in [0.1, 0.15) is 9.88 Å². The first-order chi connectivity index (χ1) is 14.2. The van der Waals surface area contributed by atoms with Crippen LogP contribution in [-0.2, 0) is 4.74 Å². The summed E-state index contributed by atoms with van der Waals surface area (Å²) in [4.78, 5) is 39.4. The fourth-order valence-electron chi connectivity index (χ4n) is 2.58. The number of amides is 1. The van der Waals surface area contributed by atoms with Crippen LogP contribution in [0, 0.1) is 28.7 Å². The molecule has 0 unspecified atom stereocenters. The maximum absolute atomic E-state index is 13.5. The van der Waals surface area contributed by atoms with Gasteiger partial charge in [0.25, 0.3) is 11.6 Å². The van der Waals surface area contributed by atoms with Crippen molar-refractivity contribution in [3.8, 4) is 10.6 Å². The Kier molecular flexibility index (Phi) is 5.83. The van der Waals surface area contributed by atoms with Crippen LogP contribution < -0.4 is 5.32 Å².